The van der Waals surface area contributed by atoms with Crippen molar-refractivity contribution >= 4 is 17.7 Å². The summed E-state index contributed by atoms with van der Waals surface area (Å²) in [6.45, 7) is 5.00. The Hall–Kier alpha value is -1.43. The number of carbonyl (C=O) groups excluding carboxylic acids is 2. The molecule has 92 valence electrons. The zero-order valence-electron chi connectivity index (χ0n) is 9.52. The minimum absolute atomic E-state index is 0.393. The van der Waals surface area contributed by atoms with Gasteiger partial charge in [0.1, 0.15) is 5.60 Å². The molecule has 0 saturated heterocycles. The molecular formula is C10H16O6. The number of aliphatic hydroxyl groups is 1. The number of aliphatic hydroxyl groups excluding tert-OH is 1. The Labute approximate surface area is 93.2 Å². The molecule has 16 heavy (non-hydrogen) atoms. The fourth-order valence-corrected chi connectivity index (χ4v) is 0.949. The summed E-state index contributed by atoms with van der Waals surface area (Å²) in [4.78, 5) is 32.1. The molecule has 0 rings (SSSR count). The summed E-state index contributed by atoms with van der Waals surface area (Å²) >= 11 is 0. The highest BCUT2D eigenvalue weighted by Crippen LogP contribution is 2.10. The Kier molecular flexibility index (Phi) is 5.10. The largest absolute Gasteiger partial charge is 0.475 e. The molecule has 0 amide bonds. The molecule has 0 spiro atoms. The van der Waals surface area contributed by atoms with Gasteiger partial charge in [0.05, 0.1) is 12.5 Å². The Morgan fingerprint density at radius 1 is 1.19 bits per heavy atom. The summed E-state index contributed by atoms with van der Waals surface area (Å²) in [5.74, 6) is -3.42. The molecular weight excluding hydrogens is 216 g/mol. The first-order valence-electron chi connectivity index (χ1n) is 4.78. The third-order valence-corrected chi connectivity index (χ3v) is 1.48. The maximum atomic E-state index is 11.2. The van der Waals surface area contributed by atoms with Gasteiger partial charge in [0.15, 0.2) is 0 Å². The zero-order valence-corrected chi connectivity index (χ0v) is 9.52. The first-order chi connectivity index (χ1) is 7.11. The highest BCUT2D eigenvalue weighted by molar-refractivity contribution is 6.32. The number of Topliss-reactive ketones (excluding diaryl/α,β-unsaturated/α-hetero) is 1. The van der Waals surface area contributed by atoms with Gasteiger partial charge in [0.2, 0.25) is 5.78 Å². The van der Waals surface area contributed by atoms with E-state index in [9.17, 15) is 19.5 Å². The number of esters is 1. The van der Waals surface area contributed by atoms with Crippen LogP contribution in [0.4, 0.5) is 0 Å². The fraction of sp³-hybridized carbons (Fsp3) is 0.700. The average molecular weight is 232 g/mol. The summed E-state index contributed by atoms with van der Waals surface area (Å²) in [6, 6.07) is 0. The van der Waals surface area contributed by atoms with Gasteiger partial charge in [-0.05, 0) is 20.8 Å². The number of carboxylic acids is 1. The molecule has 0 aliphatic rings. The van der Waals surface area contributed by atoms with E-state index in [1.165, 1.54) is 0 Å². The maximum Gasteiger partial charge on any atom is 0.372 e. The van der Waals surface area contributed by atoms with E-state index < -0.39 is 42.3 Å². The van der Waals surface area contributed by atoms with Crippen molar-refractivity contribution in [3.8, 4) is 0 Å². The van der Waals surface area contributed by atoms with Gasteiger partial charge in [0, 0.05) is 6.42 Å². The molecule has 0 aliphatic heterocycles. The first-order valence-corrected chi connectivity index (χ1v) is 4.78. The minimum Gasteiger partial charge on any atom is -0.475 e. The lowest BCUT2D eigenvalue weighted by atomic mass is 10.1. The molecule has 0 radical (unpaired) electrons. The van der Waals surface area contributed by atoms with Crippen LogP contribution >= 0.6 is 0 Å². The highest BCUT2D eigenvalue weighted by Gasteiger charge is 2.22. The van der Waals surface area contributed by atoms with E-state index in [2.05, 4.69) is 0 Å². The summed E-state index contributed by atoms with van der Waals surface area (Å²) in [5.41, 5.74) is -0.673. The summed E-state index contributed by atoms with van der Waals surface area (Å²) < 4.78 is 4.89. The van der Waals surface area contributed by atoms with Crippen LogP contribution in [0.1, 0.15) is 33.6 Å². The SMILES string of the molecule is CC(C)(C)OC(=O)C[C@@H](O)CC(=O)C(=O)O. The van der Waals surface area contributed by atoms with Crippen molar-refractivity contribution in [3.63, 3.8) is 0 Å². The molecule has 0 heterocycles. The van der Waals surface area contributed by atoms with Crippen LogP contribution in [-0.4, -0.2) is 39.6 Å². The number of hydrogen-bond acceptors (Lipinski definition) is 5. The van der Waals surface area contributed by atoms with Gasteiger partial charge >= 0.3 is 11.9 Å². The average Bonchev–Trinajstić information content (AvgIpc) is 1.98. The van der Waals surface area contributed by atoms with Crippen LogP contribution in [0.2, 0.25) is 0 Å². The van der Waals surface area contributed by atoms with E-state index >= 15 is 0 Å². The maximum absolute atomic E-state index is 11.2. The Bertz CT molecular complexity index is 288. The predicted molar refractivity (Wildman–Crippen MR) is 53.7 cm³/mol. The van der Waals surface area contributed by atoms with E-state index in [0.29, 0.717) is 0 Å². The van der Waals surface area contributed by atoms with Crippen molar-refractivity contribution in [2.45, 2.75) is 45.3 Å². The van der Waals surface area contributed by atoms with E-state index in [1.807, 2.05) is 0 Å². The van der Waals surface area contributed by atoms with Gasteiger partial charge in [-0.3, -0.25) is 9.59 Å². The fourth-order valence-electron chi connectivity index (χ4n) is 0.949. The lowest BCUT2D eigenvalue weighted by Crippen LogP contribution is -2.28. The van der Waals surface area contributed by atoms with Crippen molar-refractivity contribution in [2.24, 2.45) is 0 Å². The zero-order chi connectivity index (χ0) is 12.9. The number of carbonyl (C=O) groups is 3. The molecule has 0 aliphatic carbocycles. The third kappa shape index (κ3) is 6.94. The van der Waals surface area contributed by atoms with Gasteiger partial charge in [0.25, 0.3) is 0 Å². The number of carboxylic acid groups (broad SMARTS) is 1. The molecule has 0 fully saturated rings. The number of ketones is 1. The molecule has 2 N–H and O–H groups in total. The third-order valence-electron chi connectivity index (χ3n) is 1.48. The molecule has 0 aromatic rings. The summed E-state index contributed by atoms with van der Waals surface area (Å²) in [5, 5.41) is 17.5. The number of ether oxygens (including phenoxy) is 1. The van der Waals surface area contributed by atoms with Gasteiger partial charge in [-0.1, -0.05) is 0 Å². The van der Waals surface area contributed by atoms with Crippen molar-refractivity contribution < 1.29 is 29.3 Å². The van der Waals surface area contributed by atoms with Crippen LogP contribution in [0.5, 0.6) is 0 Å². The molecule has 0 aromatic heterocycles. The van der Waals surface area contributed by atoms with E-state index in [4.69, 9.17) is 9.84 Å². The topological polar surface area (TPSA) is 101 Å². The van der Waals surface area contributed by atoms with E-state index in [1.54, 1.807) is 20.8 Å². The van der Waals surface area contributed by atoms with Crippen molar-refractivity contribution in [2.75, 3.05) is 0 Å². The highest BCUT2D eigenvalue weighted by atomic mass is 16.6. The number of aliphatic carboxylic acids is 1. The molecule has 0 aromatic carbocycles. The van der Waals surface area contributed by atoms with Crippen LogP contribution in [0.15, 0.2) is 0 Å². The summed E-state index contributed by atoms with van der Waals surface area (Å²) in [7, 11) is 0. The van der Waals surface area contributed by atoms with Gasteiger partial charge < -0.3 is 14.9 Å². The monoisotopic (exact) mass is 232 g/mol. The second-order valence-electron chi connectivity index (χ2n) is 4.38. The smallest absolute Gasteiger partial charge is 0.372 e. The summed E-state index contributed by atoms with van der Waals surface area (Å²) in [6.07, 6.45) is -2.30. The van der Waals surface area contributed by atoms with E-state index in [0.717, 1.165) is 0 Å². The standard InChI is InChI=1S/C10H16O6/c1-10(2,3)16-8(13)5-6(11)4-7(12)9(14)15/h6,11H,4-5H2,1-3H3,(H,14,15)/t6-/m0/s1. The van der Waals surface area contributed by atoms with Crippen LogP contribution in [0.25, 0.3) is 0 Å². The van der Waals surface area contributed by atoms with Crippen LogP contribution in [-0.2, 0) is 19.1 Å². The number of hydrogen-bond donors (Lipinski definition) is 2. The second kappa shape index (κ2) is 5.60. The van der Waals surface area contributed by atoms with Gasteiger partial charge in [-0.15, -0.1) is 0 Å². The Morgan fingerprint density at radius 2 is 1.69 bits per heavy atom. The molecule has 0 saturated carbocycles. The van der Waals surface area contributed by atoms with Crippen LogP contribution < -0.4 is 0 Å². The minimum atomic E-state index is -1.62. The lowest BCUT2D eigenvalue weighted by Gasteiger charge is -2.20. The predicted octanol–water partition coefficient (Wildman–Crippen LogP) is 0.123. The molecule has 6 heteroatoms. The lowest BCUT2D eigenvalue weighted by molar-refractivity contribution is -0.158. The number of rotatable bonds is 5. The molecule has 1 atom stereocenters. The van der Waals surface area contributed by atoms with Crippen molar-refractivity contribution in [1.82, 2.24) is 0 Å². The molecule has 0 unspecified atom stereocenters. The van der Waals surface area contributed by atoms with Crippen molar-refractivity contribution in [1.29, 1.82) is 0 Å². The van der Waals surface area contributed by atoms with Crippen LogP contribution in [0.3, 0.4) is 0 Å². The van der Waals surface area contributed by atoms with E-state index in [-0.39, 0.29) is 0 Å². The Balaban J connectivity index is 4.06. The first kappa shape index (κ1) is 14.6. The van der Waals surface area contributed by atoms with Gasteiger partial charge in [-0.25, -0.2) is 4.79 Å². The molecule has 6 nitrogen and oxygen atoms in total. The second-order valence-corrected chi connectivity index (χ2v) is 4.38. The normalized spacial score (nSPS) is 13.0. The Morgan fingerprint density at radius 3 is 2.06 bits per heavy atom. The van der Waals surface area contributed by atoms with Gasteiger partial charge in [-0.2, -0.15) is 0 Å². The molecule has 0 bridgehead atoms. The van der Waals surface area contributed by atoms with Crippen LogP contribution in [0, 0.1) is 0 Å². The quantitative estimate of drug-likeness (QED) is 0.516. The van der Waals surface area contributed by atoms with Crippen molar-refractivity contribution in [3.05, 3.63) is 0 Å².